The van der Waals surface area contributed by atoms with Gasteiger partial charge in [0.15, 0.2) is 0 Å². The van der Waals surface area contributed by atoms with Gasteiger partial charge in [0.1, 0.15) is 5.82 Å². The minimum absolute atomic E-state index is 0.207. The topological polar surface area (TPSA) is 55.1 Å². The van der Waals surface area contributed by atoms with Gasteiger partial charge >= 0.3 is 0 Å². The first-order valence-electron chi connectivity index (χ1n) is 7.13. The number of primary amides is 1. The first-order chi connectivity index (χ1) is 9.66. The zero-order valence-corrected chi connectivity index (χ0v) is 11.6. The van der Waals surface area contributed by atoms with Crippen molar-refractivity contribution in [3.8, 4) is 0 Å². The highest BCUT2D eigenvalue weighted by molar-refractivity contribution is 5.92. The van der Waals surface area contributed by atoms with Gasteiger partial charge in [0.25, 0.3) is 0 Å². The molecule has 0 heterocycles. The Morgan fingerprint density at radius 3 is 2.85 bits per heavy atom. The number of nitrogens with two attached hydrogens (primary N) is 1. The third-order valence-electron chi connectivity index (χ3n) is 3.66. The van der Waals surface area contributed by atoms with Crippen molar-refractivity contribution in [3.05, 3.63) is 46.8 Å². The van der Waals surface area contributed by atoms with Crippen molar-refractivity contribution in [2.45, 2.75) is 38.6 Å². The molecule has 0 fully saturated rings. The molecule has 108 valence electrons. The number of hydrogen-bond donors (Lipinski definition) is 2. The zero-order chi connectivity index (χ0) is 14.4. The molecule has 0 aliphatic heterocycles. The lowest BCUT2D eigenvalue weighted by atomic mass is 9.97. The van der Waals surface area contributed by atoms with Gasteiger partial charge in [-0.25, -0.2) is 4.39 Å². The van der Waals surface area contributed by atoms with E-state index in [1.165, 1.54) is 37.3 Å². The van der Waals surface area contributed by atoms with Crippen LogP contribution in [-0.4, -0.2) is 12.5 Å². The molecule has 1 aliphatic rings. The molecule has 3 N–H and O–H groups in total. The summed E-state index contributed by atoms with van der Waals surface area (Å²) in [7, 11) is 0. The maximum absolute atomic E-state index is 13.7. The molecule has 2 rings (SSSR count). The average molecular weight is 276 g/mol. The highest BCUT2D eigenvalue weighted by Crippen LogP contribution is 2.19. The second-order valence-corrected chi connectivity index (χ2v) is 5.21. The van der Waals surface area contributed by atoms with Gasteiger partial charge in [-0.2, -0.15) is 0 Å². The Bertz CT molecular complexity index is 511. The van der Waals surface area contributed by atoms with Gasteiger partial charge in [-0.15, -0.1) is 0 Å². The van der Waals surface area contributed by atoms with Crippen LogP contribution in [0.1, 0.15) is 48.0 Å². The summed E-state index contributed by atoms with van der Waals surface area (Å²) < 4.78 is 13.7. The van der Waals surface area contributed by atoms with Crippen molar-refractivity contribution >= 4 is 5.91 Å². The van der Waals surface area contributed by atoms with Crippen LogP contribution in [0, 0.1) is 5.82 Å². The van der Waals surface area contributed by atoms with Crippen LogP contribution in [0.5, 0.6) is 0 Å². The molecule has 1 amide bonds. The summed E-state index contributed by atoms with van der Waals surface area (Å²) in [5.41, 5.74) is 7.39. The van der Waals surface area contributed by atoms with Gasteiger partial charge in [-0.1, -0.05) is 17.7 Å². The summed E-state index contributed by atoms with van der Waals surface area (Å²) in [5.74, 6) is -0.988. The van der Waals surface area contributed by atoms with Crippen molar-refractivity contribution < 1.29 is 9.18 Å². The fourth-order valence-corrected chi connectivity index (χ4v) is 2.45. The molecule has 0 radical (unpaired) electrons. The Labute approximate surface area is 119 Å². The molecule has 0 aromatic heterocycles. The molecule has 20 heavy (non-hydrogen) atoms. The molecule has 0 saturated carbocycles. The monoisotopic (exact) mass is 276 g/mol. The molecule has 0 unspecified atom stereocenters. The standard InChI is InChI=1S/C16H21FN2O/c17-15-10-13(16(18)20)6-7-14(15)11-19-9-8-12-4-2-1-3-5-12/h4,6-7,10,19H,1-3,5,8-9,11H2,(H2,18,20). The van der Waals surface area contributed by atoms with E-state index in [9.17, 15) is 9.18 Å². The molecule has 1 aromatic carbocycles. The quantitative estimate of drug-likeness (QED) is 0.620. The predicted molar refractivity (Wildman–Crippen MR) is 77.8 cm³/mol. The van der Waals surface area contributed by atoms with Crippen molar-refractivity contribution in [1.29, 1.82) is 0 Å². The summed E-state index contributed by atoms with van der Waals surface area (Å²) in [6.07, 6.45) is 8.33. The van der Waals surface area contributed by atoms with Gasteiger partial charge in [0.2, 0.25) is 5.91 Å². The van der Waals surface area contributed by atoms with Crippen molar-refractivity contribution in [1.82, 2.24) is 5.32 Å². The van der Waals surface area contributed by atoms with Crippen LogP contribution < -0.4 is 11.1 Å². The van der Waals surface area contributed by atoms with Crippen LogP contribution in [0.3, 0.4) is 0 Å². The first kappa shape index (κ1) is 14.7. The minimum Gasteiger partial charge on any atom is -0.366 e. The van der Waals surface area contributed by atoms with E-state index in [1.807, 2.05) is 0 Å². The molecule has 1 aliphatic carbocycles. The van der Waals surface area contributed by atoms with Crippen LogP contribution in [-0.2, 0) is 6.54 Å². The normalized spacial score (nSPS) is 14.9. The number of benzene rings is 1. The summed E-state index contributed by atoms with van der Waals surface area (Å²) in [6, 6.07) is 4.37. The molecular weight excluding hydrogens is 255 g/mol. The number of amides is 1. The molecular formula is C16H21FN2O. The number of hydrogen-bond acceptors (Lipinski definition) is 2. The molecule has 0 bridgehead atoms. The zero-order valence-electron chi connectivity index (χ0n) is 11.6. The second-order valence-electron chi connectivity index (χ2n) is 5.21. The highest BCUT2D eigenvalue weighted by atomic mass is 19.1. The molecule has 4 heteroatoms. The number of nitrogens with one attached hydrogen (secondary N) is 1. The van der Waals surface area contributed by atoms with E-state index in [0.717, 1.165) is 13.0 Å². The van der Waals surface area contributed by atoms with Crippen LogP contribution >= 0.6 is 0 Å². The maximum atomic E-state index is 13.7. The summed E-state index contributed by atoms with van der Waals surface area (Å²) >= 11 is 0. The third-order valence-corrected chi connectivity index (χ3v) is 3.66. The van der Waals surface area contributed by atoms with Crippen LogP contribution in [0.15, 0.2) is 29.8 Å². The van der Waals surface area contributed by atoms with E-state index in [2.05, 4.69) is 11.4 Å². The minimum atomic E-state index is -0.604. The molecule has 3 nitrogen and oxygen atoms in total. The van der Waals surface area contributed by atoms with Gasteiger partial charge in [-0.05, 0) is 50.8 Å². The number of halogens is 1. The van der Waals surface area contributed by atoms with E-state index in [1.54, 1.807) is 12.1 Å². The Balaban J connectivity index is 1.79. The summed E-state index contributed by atoms with van der Waals surface area (Å²) in [5, 5.41) is 3.24. The maximum Gasteiger partial charge on any atom is 0.248 e. The Kier molecular flexibility index (Phi) is 5.30. The Morgan fingerprint density at radius 2 is 2.20 bits per heavy atom. The molecule has 0 spiro atoms. The van der Waals surface area contributed by atoms with Crippen LogP contribution in [0.4, 0.5) is 4.39 Å². The lowest BCUT2D eigenvalue weighted by Crippen LogP contribution is -2.17. The third kappa shape index (κ3) is 4.17. The van der Waals surface area contributed by atoms with Gasteiger partial charge < -0.3 is 11.1 Å². The number of carbonyl (C=O) groups excluding carboxylic acids is 1. The second kappa shape index (κ2) is 7.20. The lowest BCUT2D eigenvalue weighted by Gasteiger charge is -2.13. The van der Waals surface area contributed by atoms with Crippen molar-refractivity contribution in [2.24, 2.45) is 5.73 Å². The van der Waals surface area contributed by atoms with E-state index in [-0.39, 0.29) is 11.4 Å². The van der Waals surface area contributed by atoms with E-state index >= 15 is 0 Å². The van der Waals surface area contributed by atoms with E-state index in [0.29, 0.717) is 12.1 Å². The smallest absolute Gasteiger partial charge is 0.248 e. The fourth-order valence-electron chi connectivity index (χ4n) is 2.45. The Hall–Kier alpha value is -1.68. The summed E-state index contributed by atoms with van der Waals surface area (Å²) in [4.78, 5) is 10.9. The number of carbonyl (C=O) groups is 1. The summed E-state index contributed by atoms with van der Waals surface area (Å²) in [6.45, 7) is 1.32. The number of allylic oxidation sites excluding steroid dienone is 1. The van der Waals surface area contributed by atoms with Crippen molar-refractivity contribution in [3.63, 3.8) is 0 Å². The van der Waals surface area contributed by atoms with Crippen LogP contribution in [0.25, 0.3) is 0 Å². The van der Waals surface area contributed by atoms with Crippen molar-refractivity contribution in [2.75, 3.05) is 6.54 Å². The predicted octanol–water partition coefficient (Wildman–Crippen LogP) is 2.90. The molecule has 1 aromatic rings. The first-order valence-corrected chi connectivity index (χ1v) is 7.13. The SMILES string of the molecule is NC(=O)c1ccc(CNCCC2=CCCCC2)c(F)c1. The van der Waals surface area contributed by atoms with Gasteiger partial charge in [-0.3, -0.25) is 4.79 Å². The largest absolute Gasteiger partial charge is 0.366 e. The van der Waals surface area contributed by atoms with Gasteiger partial charge in [0, 0.05) is 17.7 Å². The van der Waals surface area contributed by atoms with Gasteiger partial charge in [0.05, 0.1) is 0 Å². The molecule has 0 atom stereocenters. The average Bonchev–Trinajstić information content (AvgIpc) is 2.46. The highest BCUT2D eigenvalue weighted by Gasteiger charge is 2.07. The fraction of sp³-hybridized carbons (Fsp3) is 0.438. The van der Waals surface area contributed by atoms with E-state index in [4.69, 9.17) is 5.73 Å². The lowest BCUT2D eigenvalue weighted by molar-refractivity contribution is 0.1000. The van der Waals surface area contributed by atoms with Crippen LogP contribution in [0.2, 0.25) is 0 Å². The Morgan fingerprint density at radius 1 is 1.35 bits per heavy atom. The number of rotatable bonds is 6. The van der Waals surface area contributed by atoms with E-state index < -0.39 is 5.91 Å². The molecule has 0 saturated heterocycles.